The number of hydrogen-bond acceptors (Lipinski definition) is 4. The Morgan fingerprint density at radius 2 is 1.20 bits per heavy atom. The molecule has 1 heterocycles. The summed E-state index contributed by atoms with van der Waals surface area (Å²) in [6, 6.07) is 12.1. The minimum absolute atomic E-state index is 0.156. The van der Waals surface area contributed by atoms with Gasteiger partial charge in [0.2, 0.25) is 0 Å². The van der Waals surface area contributed by atoms with Crippen molar-refractivity contribution in [3.63, 3.8) is 0 Å². The molecule has 2 aromatic rings. The molecule has 3 rings (SSSR count). The largest absolute Gasteiger partial charge is 0.279 e. The Bertz CT molecular complexity index is 848. The molecule has 0 atom stereocenters. The van der Waals surface area contributed by atoms with Crippen LogP contribution in [0, 0.1) is 6.92 Å². The van der Waals surface area contributed by atoms with Gasteiger partial charge in [-0.05, 0) is 30.7 Å². The Morgan fingerprint density at radius 1 is 0.750 bits per heavy atom. The summed E-state index contributed by atoms with van der Waals surface area (Å²) in [5.41, 5.74) is 0.733. The van der Waals surface area contributed by atoms with Crippen molar-refractivity contribution in [2.24, 2.45) is 0 Å². The summed E-state index contributed by atoms with van der Waals surface area (Å²) in [5.74, 6) is 0. The lowest BCUT2D eigenvalue weighted by molar-refractivity contribution is 0.593. The lowest BCUT2D eigenvalue weighted by Crippen LogP contribution is -2.30. The molecule has 0 amide bonds. The molecule has 1 aliphatic rings. The van der Waals surface area contributed by atoms with E-state index in [0.29, 0.717) is 9.27 Å². The first-order chi connectivity index (χ1) is 9.37. The molecule has 0 unspecified atom stereocenters. The number of fused-ring (bicyclic) bond motifs is 1. The summed E-state index contributed by atoms with van der Waals surface area (Å²) in [6.07, 6.45) is 0. The first-order valence-corrected chi connectivity index (χ1v) is 8.70. The van der Waals surface area contributed by atoms with E-state index in [1.54, 1.807) is 25.1 Å². The number of anilines is 1. The van der Waals surface area contributed by atoms with E-state index in [-0.39, 0.29) is 15.5 Å². The van der Waals surface area contributed by atoms with Gasteiger partial charge in [0, 0.05) is 0 Å². The van der Waals surface area contributed by atoms with Gasteiger partial charge in [-0.1, -0.05) is 30.3 Å². The Hall–Kier alpha value is -1.86. The van der Waals surface area contributed by atoms with Gasteiger partial charge in [0.1, 0.15) is 9.79 Å². The van der Waals surface area contributed by atoms with E-state index in [1.165, 1.54) is 30.3 Å². The molecular weight excluding hydrogens is 298 g/mol. The first-order valence-electron chi connectivity index (χ1n) is 5.82. The van der Waals surface area contributed by atoms with Gasteiger partial charge in [-0.25, -0.2) is 0 Å². The van der Waals surface area contributed by atoms with Gasteiger partial charge >= 0.3 is 0 Å². The number of hydrogen-bond donors (Lipinski definition) is 0. The highest BCUT2D eigenvalue weighted by molar-refractivity contribution is 8.12. The van der Waals surface area contributed by atoms with Crippen molar-refractivity contribution < 1.29 is 16.8 Å². The fraction of sp³-hybridized carbons (Fsp3) is 0.0769. The van der Waals surface area contributed by atoms with Crippen LogP contribution >= 0.6 is 0 Å². The van der Waals surface area contributed by atoms with Crippen LogP contribution in [0.25, 0.3) is 0 Å². The quantitative estimate of drug-likeness (QED) is 0.806. The molecule has 1 aliphatic heterocycles. The van der Waals surface area contributed by atoms with Crippen molar-refractivity contribution in [2.45, 2.75) is 16.7 Å². The molecule has 20 heavy (non-hydrogen) atoms. The Kier molecular flexibility index (Phi) is 2.67. The Balaban J connectivity index is 2.39. The van der Waals surface area contributed by atoms with E-state index in [1.807, 2.05) is 0 Å². The van der Waals surface area contributed by atoms with E-state index in [9.17, 15) is 16.8 Å². The van der Waals surface area contributed by atoms with E-state index in [0.717, 1.165) is 0 Å². The summed E-state index contributed by atoms with van der Waals surface area (Å²) < 4.78 is 50.5. The molecule has 5 nitrogen and oxygen atoms in total. The Morgan fingerprint density at radius 3 is 1.70 bits per heavy atom. The number of sulfonamides is 2. The van der Waals surface area contributed by atoms with Crippen molar-refractivity contribution in [1.29, 1.82) is 0 Å². The summed E-state index contributed by atoms with van der Waals surface area (Å²) in [6.45, 7) is 1.67. The SMILES string of the molecule is Cc1ccccc1N1S(=O)(=O)c2ccccc2S1(=O)=O. The lowest BCUT2D eigenvalue weighted by Gasteiger charge is -2.17. The second-order valence-corrected chi connectivity index (χ2v) is 8.18. The number of rotatable bonds is 1. The van der Waals surface area contributed by atoms with Crippen molar-refractivity contribution in [2.75, 3.05) is 3.71 Å². The molecule has 104 valence electrons. The summed E-state index contributed by atoms with van der Waals surface area (Å²) in [5, 5.41) is 0. The maximum absolute atomic E-state index is 12.5. The number of para-hydroxylation sites is 1. The Labute approximate surface area is 117 Å². The lowest BCUT2D eigenvalue weighted by atomic mass is 10.2. The molecule has 0 saturated heterocycles. The van der Waals surface area contributed by atoms with Crippen LogP contribution in [-0.4, -0.2) is 16.8 Å². The predicted molar refractivity (Wildman–Crippen MR) is 74.5 cm³/mol. The fourth-order valence-electron chi connectivity index (χ4n) is 2.21. The van der Waals surface area contributed by atoms with Gasteiger partial charge in [0.05, 0.1) is 5.69 Å². The maximum Gasteiger partial charge on any atom is 0.279 e. The summed E-state index contributed by atoms with van der Waals surface area (Å²) in [7, 11) is -8.17. The standard InChI is InChI=1S/C13H11NO4S2/c1-10-6-2-3-7-11(10)14-19(15,16)12-8-4-5-9-13(12)20(14,17)18/h2-9H,1H3. The predicted octanol–water partition coefficient (Wildman–Crippen LogP) is 1.89. The molecule has 7 heteroatoms. The summed E-state index contributed by atoms with van der Waals surface area (Å²) in [4.78, 5) is -0.355. The third kappa shape index (κ3) is 1.60. The number of aryl methyl sites for hydroxylation is 1. The molecule has 0 aliphatic carbocycles. The molecule has 0 bridgehead atoms. The zero-order valence-corrected chi connectivity index (χ0v) is 12.1. The normalized spacial score (nSPS) is 18.8. The zero-order valence-electron chi connectivity index (χ0n) is 10.5. The minimum atomic E-state index is -4.08. The molecule has 0 fully saturated rings. The highest BCUT2D eigenvalue weighted by atomic mass is 32.3. The van der Waals surface area contributed by atoms with Crippen molar-refractivity contribution in [1.82, 2.24) is 0 Å². The van der Waals surface area contributed by atoms with Gasteiger partial charge in [0.25, 0.3) is 20.0 Å². The van der Waals surface area contributed by atoms with Gasteiger partial charge in [-0.15, -0.1) is 0 Å². The topological polar surface area (TPSA) is 71.5 Å². The molecule has 2 aromatic carbocycles. The van der Waals surface area contributed by atoms with Crippen molar-refractivity contribution in [3.05, 3.63) is 54.1 Å². The number of benzene rings is 2. The smallest absolute Gasteiger partial charge is 0.200 e. The number of nitrogens with zero attached hydrogens (tertiary/aromatic N) is 1. The molecule has 0 saturated carbocycles. The van der Waals surface area contributed by atoms with E-state index < -0.39 is 20.0 Å². The third-order valence-corrected chi connectivity index (χ3v) is 7.55. The van der Waals surface area contributed by atoms with Crippen LogP contribution < -0.4 is 3.71 Å². The maximum atomic E-state index is 12.5. The fourth-order valence-corrected chi connectivity index (χ4v) is 6.79. The minimum Gasteiger partial charge on any atom is -0.200 e. The zero-order chi connectivity index (χ0) is 14.5. The molecule has 0 spiro atoms. The average molecular weight is 309 g/mol. The molecule has 0 N–H and O–H groups in total. The van der Waals surface area contributed by atoms with Crippen LogP contribution in [0.2, 0.25) is 0 Å². The van der Waals surface area contributed by atoms with Crippen LogP contribution in [0.4, 0.5) is 5.69 Å². The van der Waals surface area contributed by atoms with E-state index in [4.69, 9.17) is 0 Å². The molecule has 0 radical (unpaired) electrons. The average Bonchev–Trinajstić information content (AvgIpc) is 2.56. The van der Waals surface area contributed by atoms with E-state index in [2.05, 4.69) is 0 Å². The summed E-state index contributed by atoms with van der Waals surface area (Å²) >= 11 is 0. The van der Waals surface area contributed by atoms with Crippen LogP contribution in [0.5, 0.6) is 0 Å². The van der Waals surface area contributed by atoms with Crippen LogP contribution in [-0.2, 0) is 20.0 Å². The van der Waals surface area contributed by atoms with Gasteiger partial charge < -0.3 is 0 Å². The second kappa shape index (κ2) is 4.07. The van der Waals surface area contributed by atoms with Crippen molar-refractivity contribution >= 4 is 25.7 Å². The third-order valence-electron chi connectivity index (χ3n) is 3.15. The van der Waals surface area contributed by atoms with Gasteiger partial charge in [-0.3, -0.25) is 0 Å². The molecular formula is C13H11NO4S2. The van der Waals surface area contributed by atoms with Crippen LogP contribution in [0.1, 0.15) is 5.56 Å². The van der Waals surface area contributed by atoms with Crippen LogP contribution in [0.3, 0.4) is 0 Å². The van der Waals surface area contributed by atoms with Gasteiger partial charge in [0.15, 0.2) is 0 Å². The van der Waals surface area contributed by atoms with Gasteiger partial charge in [-0.2, -0.15) is 20.5 Å². The van der Waals surface area contributed by atoms with Crippen molar-refractivity contribution in [3.8, 4) is 0 Å². The second-order valence-electron chi connectivity index (χ2n) is 4.44. The molecule has 0 aromatic heterocycles. The first kappa shape index (κ1) is 13.1. The highest BCUT2D eigenvalue weighted by Gasteiger charge is 2.47. The van der Waals surface area contributed by atoms with Crippen LogP contribution in [0.15, 0.2) is 58.3 Å². The monoisotopic (exact) mass is 309 g/mol. The van der Waals surface area contributed by atoms with E-state index >= 15 is 0 Å². The highest BCUT2D eigenvalue weighted by Crippen LogP contribution is 2.40.